The minimum atomic E-state index is -0.394. The Balaban J connectivity index is 2.03. The molecule has 0 aliphatic carbocycles. The van der Waals surface area contributed by atoms with Crippen LogP contribution in [0.4, 0.5) is 10.5 Å². The molecular formula is C11H9BrN4O2. The lowest BCUT2D eigenvalue weighted by atomic mass is 10.2. The third-order valence-electron chi connectivity index (χ3n) is 2.81. The van der Waals surface area contributed by atoms with Crippen LogP contribution in [0.25, 0.3) is 5.65 Å². The van der Waals surface area contributed by atoms with Crippen molar-refractivity contribution >= 4 is 39.2 Å². The lowest BCUT2D eigenvalue weighted by Crippen LogP contribution is -2.49. The van der Waals surface area contributed by atoms with Gasteiger partial charge >= 0.3 is 6.03 Å². The van der Waals surface area contributed by atoms with Crippen LogP contribution in [0.3, 0.4) is 0 Å². The Morgan fingerprint density at radius 1 is 1.33 bits per heavy atom. The maximum Gasteiger partial charge on any atom is 0.328 e. The lowest BCUT2D eigenvalue weighted by Gasteiger charge is -2.26. The highest BCUT2D eigenvalue weighted by Crippen LogP contribution is 2.24. The van der Waals surface area contributed by atoms with Crippen molar-refractivity contribution in [3.05, 3.63) is 29.1 Å². The molecule has 18 heavy (non-hydrogen) atoms. The number of rotatable bonds is 1. The molecule has 0 unspecified atom stereocenters. The molecule has 92 valence electrons. The minimum Gasteiger partial charge on any atom is -0.294 e. The van der Waals surface area contributed by atoms with E-state index in [4.69, 9.17) is 0 Å². The summed E-state index contributed by atoms with van der Waals surface area (Å²) in [6, 6.07) is 3.23. The summed E-state index contributed by atoms with van der Waals surface area (Å²) in [4.78, 5) is 28.6. The van der Waals surface area contributed by atoms with Gasteiger partial charge in [0, 0.05) is 31.4 Å². The van der Waals surface area contributed by atoms with Gasteiger partial charge in [0.15, 0.2) is 0 Å². The van der Waals surface area contributed by atoms with Gasteiger partial charge in [0.05, 0.1) is 10.3 Å². The lowest BCUT2D eigenvalue weighted by molar-refractivity contribution is -0.120. The minimum absolute atomic E-state index is 0.239. The van der Waals surface area contributed by atoms with E-state index in [0.29, 0.717) is 18.7 Å². The summed E-state index contributed by atoms with van der Waals surface area (Å²) in [6.07, 6.45) is 3.82. The summed E-state index contributed by atoms with van der Waals surface area (Å²) in [5.74, 6) is -0.239. The Labute approximate surface area is 111 Å². The van der Waals surface area contributed by atoms with Crippen LogP contribution in [0.15, 0.2) is 29.1 Å². The van der Waals surface area contributed by atoms with Crippen LogP contribution >= 0.6 is 15.9 Å². The van der Waals surface area contributed by atoms with Crippen LogP contribution in [0.5, 0.6) is 0 Å². The van der Waals surface area contributed by atoms with Gasteiger partial charge in [-0.2, -0.15) is 0 Å². The molecule has 7 heteroatoms. The smallest absolute Gasteiger partial charge is 0.294 e. The standard InChI is InChI=1S/C11H9BrN4O2/c12-8-5-7(6-9-13-2-4-16(8)9)15-3-1-10(17)14-11(15)18/h2,4-6H,1,3H2,(H,14,17,18). The molecule has 0 saturated carbocycles. The quantitative estimate of drug-likeness (QED) is 0.813. The van der Waals surface area contributed by atoms with Crippen LogP contribution in [0.2, 0.25) is 0 Å². The van der Waals surface area contributed by atoms with E-state index >= 15 is 0 Å². The number of fused-ring (bicyclic) bond motifs is 1. The van der Waals surface area contributed by atoms with E-state index in [1.807, 2.05) is 16.7 Å². The molecule has 3 heterocycles. The summed E-state index contributed by atoms with van der Waals surface area (Å²) in [5.41, 5.74) is 1.45. The first-order chi connectivity index (χ1) is 8.65. The highest BCUT2D eigenvalue weighted by atomic mass is 79.9. The van der Waals surface area contributed by atoms with E-state index in [9.17, 15) is 9.59 Å². The Kier molecular flexibility index (Phi) is 2.55. The fourth-order valence-electron chi connectivity index (χ4n) is 1.93. The molecule has 3 rings (SSSR count). The molecule has 0 atom stereocenters. The molecule has 1 fully saturated rings. The number of nitrogens with zero attached hydrogens (tertiary/aromatic N) is 3. The first-order valence-corrected chi connectivity index (χ1v) is 6.18. The van der Waals surface area contributed by atoms with Crippen molar-refractivity contribution in [2.75, 3.05) is 11.4 Å². The van der Waals surface area contributed by atoms with Gasteiger partial charge in [-0.15, -0.1) is 0 Å². The number of carbonyl (C=O) groups excluding carboxylic acids is 2. The van der Waals surface area contributed by atoms with Crippen molar-refractivity contribution < 1.29 is 9.59 Å². The molecule has 3 amide bonds. The predicted molar refractivity (Wildman–Crippen MR) is 68.4 cm³/mol. The van der Waals surface area contributed by atoms with Gasteiger partial charge in [-0.3, -0.25) is 19.4 Å². The van der Waals surface area contributed by atoms with Crippen LogP contribution in [-0.4, -0.2) is 27.9 Å². The van der Waals surface area contributed by atoms with E-state index in [2.05, 4.69) is 26.2 Å². The van der Waals surface area contributed by atoms with E-state index in [-0.39, 0.29) is 5.91 Å². The second kappa shape index (κ2) is 4.09. The maximum atomic E-state index is 11.7. The number of aromatic nitrogens is 2. The number of amides is 3. The van der Waals surface area contributed by atoms with E-state index in [1.165, 1.54) is 4.90 Å². The molecule has 1 saturated heterocycles. The average molecular weight is 309 g/mol. The van der Waals surface area contributed by atoms with Gasteiger partial charge in [0.2, 0.25) is 5.91 Å². The summed E-state index contributed by atoms with van der Waals surface area (Å²) in [5, 5.41) is 2.29. The monoisotopic (exact) mass is 308 g/mol. The molecule has 2 aromatic rings. The number of nitrogens with one attached hydrogen (secondary N) is 1. The fraction of sp³-hybridized carbons (Fsp3) is 0.182. The Hall–Kier alpha value is -1.89. The normalized spacial score (nSPS) is 16.2. The molecule has 0 aromatic carbocycles. The molecule has 6 nitrogen and oxygen atoms in total. The Morgan fingerprint density at radius 3 is 2.94 bits per heavy atom. The summed E-state index contributed by atoms with van der Waals surface area (Å²) in [7, 11) is 0. The van der Waals surface area contributed by atoms with Gasteiger partial charge in [-0.05, 0) is 22.0 Å². The zero-order chi connectivity index (χ0) is 12.7. The first-order valence-electron chi connectivity index (χ1n) is 5.39. The van der Waals surface area contributed by atoms with Gasteiger partial charge in [-0.1, -0.05) is 0 Å². The zero-order valence-electron chi connectivity index (χ0n) is 9.26. The second-order valence-electron chi connectivity index (χ2n) is 3.95. The average Bonchev–Trinajstić information content (AvgIpc) is 2.77. The molecule has 0 bridgehead atoms. The highest BCUT2D eigenvalue weighted by Gasteiger charge is 2.24. The van der Waals surface area contributed by atoms with Crippen LogP contribution < -0.4 is 10.2 Å². The van der Waals surface area contributed by atoms with Crippen molar-refractivity contribution in [2.45, 2.75) is 6.42 Å². The second-order valence-corrected chi connectivity index (χ2v) is 4.76. The molecular weight excluding hydrogens is 300 g/mol. The number of halogens is 1. The summed E-state index contributed by atoms with van der Waals surface area (Å²) in [6.45, 7) is 0.383. The number of hydrogen-bond donors (Lipinski definition) is 1. The number of urea groups is 1. The van der Waals surface area contributed by atoms with Gasteiger partial charge in [0.1, 0.15) is 5.65 Å². The van der Waals surface area contributed by atoms with Crippen LogP contribution in [0.1, 0.15) is 6.42 Å². The number of imidazole rings is 1. The van der Waals surface area contributed by atoms with Crippen molar-refractivity contribution in [2.24, 2.45) is 0 Å². The topological polar surface area (TPSA) is 66.7 Å². The highest BCUT2D eigenvalue weighted by molar-refractivity contribution is 9.10. The molecule has 1 N–H and O–H groups in total. The SMILES string of the molecule is O=C1CCN(c2cc(Br)n3ccnc3c2)C(=O)N1. The van der Waals surface area contributed by atoms with Gasteiger partial charge < -0.3 is 0 Å². The van der Waals surface area contributed by atoms with E-state index < -0.39 is 6.03 Å². The number of imide groups is 1. The van der Waals surface area contributed by atoms with E-state index in [1.54, 1.807) is 12.3 Å². The number of hydrogen-bond acceptors (Lipinski definition) is 3. The van der Waals surface area contributed by atoms with Gasteiger partial charge in [0.25, 0.3) is 0 Å². The Morgan fingerprint density at radius 2 is 2.17 bits per heavy atom. The van der Waals surface area contributed by atoms with E-state index in [0.717, 1.165) is 10.3 Å². The number of anilines is 1. The van der Waals surface area contributed by atoms with Crippen molar-refractivity contribution in [3.8, 4) is 0 Å². The molecule has 1 aliphatic heterocycles. The molecule has 0 spiro atoms. The number of pyridine rings is 1. The third-order valence-corrected chi connectivity index (χ3v) is 3.42. The molecule has 2 aromatic heterocycles. The largest absolute Gasteiger partial charge is 0.328 e. The zero-order valence-corrected chi connectivity index (χ0v) is 10.8. The third kappa shape index (κ3) is 1.76. The van der Waals surface area contributed by atoms with Gasteiger partial charge in [-0.25, -0.2) is 9.78 Å². The predicted octanol–water partition coefficient (Wildman–Crippen LogP) is 1.54. The fourth-order valence-corrected chi connectivity index (χ4v) is 2.47. The first kappa shape index (κ1) is 11.2. The van der Waals surface area contributed by atoms with Crippen LogP contribution in [0, 0.1) is 0 Å². The Bertz CT molecular complexity index is 652. The molecule has 0 radical (unpaired) electrons. The van der Waals surface area contributed by atoms with Crippen molar-refractivity contribution in [3.63, 3.8) is 0 Å². The van der Waals surface area contributed by atoms with Crippen molar-refractivity contribution in [1.82, 2.24) is 14.7 Å². The summed E-state index contributed by atoms with van der Waals surface area (Å²) < 4.78 is 2.66. The number of carbonyl (C=O) groups is 2. The van der Waals surface area contributed by atoms with Crippen molar-refractivity contribution in [1.29, 1.82) is 0 Å². The molecule has 1 aliphatic rings. The maximum absolute atomic E-state index is 11.7. The van der Waals surface area contributed by atoms with Crippen LogP contribution in [-0.2, 0) is 4.79 Å². The summed E-state index contributed by atoms with van der Waals surface area (Å²) >= 11 is 3.42.